The molecule has 2 amide bonds. The van der Waals surface area contributed by atoms with Crippen LogP contribution in [-0.4, -0.2) is 47.6 Å². The summed E-state index contributed by atoms with van der Waals surface area (Å²) in [6.07, 6.45) is -0.134. The lowest BCUT2D eigenvalue weighted by molar-refractivity contribution is -0.140. The summed E-state index contributed by atoms with van der Waals surface area (Å²) in [6, 6.07) is 12.9. The van der Waals surface area contributed by atoms with Crippen LogP contribution < -0.4 is 15.0 Å². The highest BCUT2D eigenvalue weighted by molar-refractivity contribution is 7.74. The van der Waals surface area contributed by atoms with Crippen LogP contribution in [0.25, 0.3) is 0 Å². The van der Waals surface area contributed by atoms with Gasteiger partial charge in [-0.15, -0.1) is 0 Å². The van der Waals surface area contributed by atoms with E-state index in [0.29, 0.717) is 29.1 Å². The molecule has 0 spiro atoms. The van der Waals surface area contributed by atoms with Crippen molar-refractivity contribution in [1.29, 1.82) is 5.26 Å². The number of nitrogens with zero attached hydrogens (tertiary/aromatic N) is 2. The molecule has 0 aliphatic heterocycles. The van der Waals surface area contributed by atoms with Crippen molar-refractivity contribution in [2.45, 2.75) is 25.9 Å². The maximum absolute atomic E-state index is 13.1. The van der Waals surface area contributed by atoms with Crippen molar-refractivity contribution in [3.8, 4) is 11.8 Å². The highest BCUT2D eigenvalue weighted by atomic mass is 32.2. The SMILES string of the molecule is COC(=O)CCc1ccc(N(CC(C)OS(=O)[O-])C(=O)Nc2ccc(C#N)cc2OC)cc1. The maximum atomic E-state index is 13.1. The molecule has 2 rings (SSSR count). The molecule has 176 valence electrons. The number of aryl methyl sites for hydroxylation is 1. The van der Waals surface area contributed by atoms with Crippen molar-refractivity contribution < 1.29 is 32.0 Å². The molecule has 1 N–H and O–H groups in total. The Kier molecular flexibility index (Phi) is 9.81. The summed E-state index contributed by atoms with van der Waals surface area (Å²) in [5.41, 5.74) is 2.05. The molecule has 0 saturated carbocycles. The number of hydrogen-bond donors (Lipinski definition) is 1. The third kappa shape index (κ3) is 7.87. The van der Waals surface area contributed by atoms with Gasteiger partial charge in [0, 0.05) is 18.2 Å². The van der Waals surface area contributed by atoms with Gasteiger partial charge in [-0.1, -0.05) is 12.1 Å². The van der Waals surface area contributed by atoms with Crippen LogP contribution in [0.2, 0.25) is 0 Å². The van der Waals surface area contributed by atoms with Crippen LogP contribution >= 0.6 is 0 Å². The van der Waals surface area contributed by atoms with Gasteiger partial charge in [-0.05, 0) is 43.2 Å². The summed E-state index contributed by atoms with van der Waals surface area (Å²) >= 11 is -2.74. The molecular formula is C22H24N3O7S-. The van der Waals surface area contributed by atoms with Crippen molar-refractivity contribution in [2.75, 3.05) is 31.0 Å². The fraction of sp³-hybridized carbons (Fsp3) is 0.318. The number of amides is 2. The zero-order valence-corrected chi connectivity index (χ0v) is 19.2. The minimum absolute atomic E-state index is 0.0695. The first-order chi connectivity index (χ1) is 15.8. The van der Waals surface area contributed by atoms with E-state index in [4.69, 9.17) is 14.2 Å². The highest BCUT2D eigenvalue weighted by Gasteiger charge is 2.21. The van der Waals surface area contributed by atoms with E-state index in [1.165, 1.54) is 44.2 Å². The molecule has 2 aromatic rings. The number of rotatable bonds is 10. The van der Waals surface area contributed by atoms with Crippen LogP contribution in [0.1, 0.15) is 24.5 Å². The number of carbonyl (C=O) groups excluding carboxylic acids is 2. The Morgan fingerprint density at radius 2 is 1.91 bits per heavy atom. The third-order valence-electron chi connectivity index (χ3n) is 4.59. The quantitative estimate of drug-likeness (QED) is 0.409. The van der Waals surface area contributed by atoms with E-state index >= 15 is 0 Å². The number of urea groups is 1. The molecule has 2 unspecified atom stereocenters. The molecule has 11 heteroatoms. The normalized spacial score (nSPS) is 12.2. The van der Waals surface area contributed by atoms with Crippen molar-refractivity contribution in [3.05, 3.63) is 53.6 Å². The highest BCUT2D eigenvalue weighted by Crippen LogP contribution is 2.27. The van der Waals surface area contributed by atoms with E-state index in [1.54, 1.807) is 24.3 Å². The molecule has 0 aliphatic rings. The standard InChI is InChI=1S/C22H25N3O7S/c1-15(32-33(28)29)14-25(18-8-4-16(5-9-18)7-11-21(26)31-3)22(27)24-19-10-6-17(13-23)12-20(19)30-2/h4-6,8-10,12,15H,7,11,14H2,1-3H3,(H,24,27)(H,28,29)/p-1. The van der Waals surface area contributed by atoms with E-state index < -0.39 is 23.5 Å². The van der Waals surface area contributed by atoms with Gasteiger partial charge in [-0.25, -0.2) is 9.00 Å². The molecule has 0 aliphatic carbocycles. The topological polar surface area (TPSA) is 141 Å². The Hall–Kier alpha value is -3.46. The summed E-state index contributed by atoms with van der Waals surface area (Å²) in [5.74, 6) is -0.0292. The number of anilines is 2. The number of nitriles is 1. The van der Waals surface area contributed by atoms with Crippen molar-refractivity contribution in [3.63, 3.8) is 0 Å². The fourth-order valence-electron chi connectivity index (χ4n) is 2.96. The molecule has 10 nitrogen and oxygen atoms in total. The van der Waals surface area contributed by atoms with Crippen LogP contribution in [0.15, 0.2) is 42.5 Å². The lowest BCUT2D eigenvalue weighted by atomic mass is 10.1. The fourth-order valence-corrected chi connectivity index (χ4v) is 3.29. The molecule has 2 aromatic carbocycles. The molecular weight excluding hydrogens is 450 g/mol. The molecule has 0 aromatic heterocycles. The summed E-state index contributed by atoms with van der Waals surface area (Å²) in [6.45, 7) is 1.45. The molecule has 33 heavy (non-hydrogen) atoms. The average Bonchev–Trinajstić information content (AvgIpc) is 2.81. The van der Waals surface area contributed by atoms with Crippen LogP contribution in [-0.2, 0) is 31.5 Å². The van der Waals surface area contributed by atoms with Gasteiger partial charge < -0.3 is 19.3 Å². The number of nitrogens with one attached hydrogen (secondary N) is 1. The van der Waals surface area contributed by atoms with Gasteiger partial charge in [0.2, 0.25) is 0 Å². The Morgan fingerprint density at radius 3 is 2.48 bits per heavy atom. The number of carbonyl (C=O) groups is 2. The molecule has 0 bridgehead atoms. The van der Waals surface area contributed by atoms with Crippen LogP contribution in [0.5, 0.6) is 5.75 Å². The number of hydrogen-bond acceptors (Lipinski definition) is 8. The number of esters is 1. The van der Waals surface area contributed by atoms with Gasteiger partial charge in [0.25, 0.3) is 0 Å². The summed E-state index contributed by atoms with van der Waals surface area (Å²) < 4.78 is 36.5. The van der Waals surface area contributed by atoms with E-state index in [0.717, 1.165) is 5.56 Å². The van der Waals surface area contributed by atoms with E-state index in [2.05, 4.69) is 10.1 Å². The predicted octanol–water partition coefficient (Wildman–Crippen LogP) is 2.91. The summed E-state index contributed by atoms with van der Waals surface area (Å²) in [5, 5.41) is 11.8. The number of benzene rings is 2. The lowest BCUT2D eigenvalue weighted by Gasteiger charge is -2.27. The maximum Gasteiger partial charge on any atom is 0.326 e. The molecule has 2 atom stereocenters. The van der Waals surface area contributed by atoms with E-state index in [9.17, 15) is 18.4 Å². The predicted molar refractivity (Wildman–Crippen MR) is 120 cm³/mol. The van der Waals surface area contributed by atoms with Crippen molar-refractivity contribution >= 4 is 34.7 Å². The second-order valence-corrected chi connectivity index (χ2v) is 7.52. The molecule has 0 saturated heterocycles. The Morgan fingerprint density at radius 1 is 1.21 bits per heavy atom. The first-order valence-electron chi connectivity index (χ1n) is 9.86. The largest absolute Gasteiger partial charge is 0.750 e. The van der Waals surface area contributed by atoms with Gasteiger partial charge in [0.15, 0.2) is 0 Å². The molecule has 0 radical (unpaired) electrons. The lowest BCUT2D eigenvalue weighted by Crippen LogP contribution is -2.40. The Balaban J connectivity index is 2.26. The number of methoxy groups -OCH3 is 2. The van der Waals surface area contributed by atoms with Crippen LogP contribution in [0, 0.1) is 11.3 Å². The van der Waals surface area contributed by atoms with Gasteiger partial charge >= 0.3 is 12.0 Å². The minimum Gasteiger partial charge on any atom is -0.750 e. The molecule has 0 fully saturated rings. The van der Waals surface area contributed by atoms with Gasteiger partial charge in [-0.3, -0.25) is 13.9 Å². The van der Waals surface area contributed by atoms with Gasteiger partial charge in [-0.2, -0.15) is 5.26 Å². The third-order valence-corrected chi connectivity index (χ3v) is 5.08. The first-order valence-corrected chi connectivity index (χ1v) is 10.9. The van der Waals surface area contributed by atoms with Gasteiger partial charge in [0.05, 0.1) is 55.5 Å². The summed E-state index contributed by atoms with van der Waals surface area (Å²) in [7, 11) is 2.74. The van der Waals surface area contributed by atoms with Crippen LogP contribution in [0.3, 0.4) is 0 Å². The van der Waals surface area contributed by atoms with Crippen molar-refractivity contribution in [1.82, 2.24) is 0 Å². The summed E-state index contributed by atoms with van der Waals surface area (Å²) in [4.78, 5) is 25.8. The van der Waals surface area contributed by atoms with Crippen molar-refractivity contribution in [2.24, 2.45) is 0 Å². The van der Waals surface area contributed by atoms with Crippen LogP contribution in [0.4, 0.5) is 16.2 Å². The van der Waals surface area contributed by atoms with Gasteiger partial charge in [0.1, 0.15) is 5.75 Å². The Bertz CT molecular complexity index is 1040. The zero-order chi connectivity index (χ0) is 24.4. The average molecular weight is 475 g/mol. The monoisotopic (exact) mass is 474 g/mol. The first kappa shape index (κ1) is 25.8. The second kappa shape index (κ2) is 12.5. The van der Waals surface area contributed by atoms with E-state index in [1.807, 2.05) is 6.07 Å². The van der Waals surface area contributed by atoms with E-state index in [-0.39, 0.29) is 18.9 Å². The second-order valence-electron chi connectivity index (χ2n) is 6.92. The minimum atomic E-state index is -2.74. The molecule has 0 heterocycles. The number of ether oxygens (including phenoxy) is 2. The smallest absolute Gasteiger partial charge is 0.326 e. The zero-order valence-electron chi connectivity index (χ0n) is 18.4. The Labute approximate surface area is 194 Å².